The summed E-state index contributed by atoms with van der Waals surface area (Å²) in [5.41, 5.74) is 0.342. The van der Waals surface area contributed by atoms with E-state index in [1.54, 1.807) is 6.07 Å². The molecule has 2 aromatic rings. The maximum absolute atomic E-state index is 11.9. The van der Waals surface area contributed by atoms with Crippen LogP contribution >= 0.6 is 0 Å². The molecule has 0 atom stereocenters. The Morgan fingerprint density at radius 2 is 2.07 bits per heavy atom. The Kier molecular flexibility index (Phi) is 5.65. The molecule has 0 aliphatic carbocycles. The summed E-state index contributed by atoms with van der Waals surface area (Å²) in [4.78, 5) is 45.2. The molecule has 0 bridgehead atoms. The molecule has 2 N–H and O–H groups in total. The highest BCUT2D eigenvalue weighted by Gasteiger charge is 2.26. The zero-order valence-electron chi connectivity index (χ0n) is 15.1. The summed E-state index contributed by atoms with van der Waals surface area (Å²) in [5, 5.41) is 14.6. The normalized spacial score (nSPS) is 15.1. The zero-order valence-corrected chi connectivity index (χ0v) is 15.1. The van der Waals surface area contributed by atoms with Crippen molar-refractivity contribution < 1.29 is 9.72 Å². The summed E-state index contributed by atoms with van der Waals surface area (Å²) in [5.74, 6) is -0.00888. The molecule has 0 spiro atoms. The Bertz CT molecular complexity index is 904. The van der Waals surface area contributed by atoms with Crippen LogP contribution in [0.3, 0.4) is 0 Å². The number of nitro groups is 1. The van der Waals surface area contributed by atoms with E-state index >= 15 is 0 Å². The largest absolute Gasteiger partial charge is 0.363 e. The number of hydrogen-bond donors (Lipinski definition) is 2. The summed E-state index contributed by atoms with van der Waals surface area (Å²) in [6, 6.07) is 2.87. The first-order valence-electron chi connectivity index (χ1n) is 8.89. The Morgan fingerprint density at radius 3 is 2.74 bits per heavy atom. The molecule has 1 saturated heterocycles. The highest BCUT2D eigenvalue weighted by atomic mass is 16.6. The van der Waals surface area contributed by atoms with E-state index in [0.29, 0.717) is 50.5 Å². The van der Waals surface area contributed by atoms with Crippen LogP contribution in [0, 0.1) is 10.1 Å². The van der Waals surface area contributed by atoms with Gasteiger partial charge in [0.15, 0.2) is 0 Å². The average Bonchev–Trinajstić information content (AvgIpc) is 2.66. The second-order valence-electron chi connectivity index (χ2n) is 6.46. The zero-order chi connectivity index (χ0) is 19.4. The molecule has 1 aromatic carbocycles. The number of piperazine rings is 1. The van der Waals surface area contributed by atoms with Gasteiger partial charge in [-0.2, -0.15) is 0 Å². The maximum Gasteiger partial charge on any atom is 0.293 e. The number of hydrogen-bond acceptors (Lipinski definition) is 7. The fourth-order valence-electron chi connectivity index (χ4n) is 3.16. The van der Waals surface area contributed by atoms with Gasteiger partial charge in [-0.15, -0.1) is 0 Å². The summed E-state index contributed by atoms with van der Waals surface area (Å²) >= 11 is 0. The second-order valence-corrected chi connectivity index (χ2v) is 6.46. The first kappa shape index (κ1) is 18.8. The first-order chi connectivity index (χ1) is 13.0. The Morgan fingerprint density at radius 1 is 1.33 bits per heavy atom. The predicted octanol–water partition coefficient (Wildman–Crippen LogP) is 0.480. The molecule has 1 aliphatic rings. The van der Waals surface area contributed by atoms with Gasteiger partial charge in [-0.25, -0.2) is 4.98 Å². The fourth-order valence-corrected chi connectivity index (χ4v) is 3.16. The van der Waals surface area contributed by atoms with E-state index in [1.165, 1.54) is 12.4 Å². The van der Waals surface area contributed by atoms with Crippen molar-refractivity contribution >= 4 is 28.2 Å². The van der Waals surface area contributed by atoms with Crippen LogP contribution in [0.25, 0.3) is 10.9 Å². The maximum atomic E-state index is 11.9. The molecule has 0 unspecified atom stereocenters. The molecule has 0 radical (unpaired) electrons. The van der Waals surface area contributed by atoms with Gasteiger partial charge in [0.1, 0.15) is 5.69 Å². The van der Waals surface area contributed by atoms with Gasteiger partial charge in [-0.1, -0.05) is 6.92 Å². The smallest absolute Gasteiger partial charge is 0.293 e. The van der Waals surface area contributed by atoms with E-state index in [-0.39, 0.29) is 17.0 Å². The molecule has 1 aliphatic heterocycles. The lowest BCUT2D eigenvalue weighted by Crippen LogP contribution is -2.49. The van der Waals surface area contributed by atoms with Crippen LogP contribution in [0.1, 0.15) is 13.3 Å². The van der Waals surface area contributed by atoms with Crippen molar-refractivity contribution in [1.29, 1.82) is 0 Å². The lowest BCUT2D eigenvalue weighted by Gasteiger charge is -2.35. The Labute approximate surface area is 155 Å². The van der Waals surface area contributed by atoms with Gasteiger partial charge in [0, 0.05) is 38.8 Å². The predicted molar refractivity (Wildman–Crippen MR) is 101 cm³/mol. The summed E-state index contributed by atoms with van der Waals surface area (Å²) < 4.78 is 0. The number of H-pyrrole nitrogens is 1. The van der Waals surface area contributed by atoms with Crippen molar-refractivity contribution in [3.8, 4) is 0 Å². The molecule has 27 heavy (non-hydrogen) atoms. The number of carbonyl (C=O) groups excluding carboxylic acids is 1. The summed E-state index contributed by atoms with van der Waals surface area (Å²) in [7, 11) is 0. The Balaban J connectivity index is 1.76. The van der Waals surface area contributed by atoms with E-state index in [9.17, 15) is 19.7 Å². The topological polar surface area (TPSA) is 124 Å². The molecule has 1 aromatic heterocycles. The average molecular weight is 374 g/mol. The van der Waals surface area contributed by atoms with Gasteiger partial charge in [0.05, 0.1) is 28.7 Å². The number of rotatable bonds is 6. The number of carbonyl (C=O) groups is 1. The van der Waals surface area contributed by atoms with Crippen LogP contribution in [0.15, 0.2) is 23.3 Å². The molecule has 3 rings (SSSR count). The number of amides is 1. The van der Waals surface area contributed by atoms with Gasteiger partial charge in [0.25, 0.3) is 11.2 Å². The van der Waals surface area contributed by atoms with Crippen LogP contribution in [0.5, 0.6) is 0 Å². The van der Waals surface area contributed by atoms with Gasteiger partial charge in [-0.05, 0) is 12.5 Å². The fraction of sp³-hybridized carbons (Fsp3) is 0.471. The number of nitrogens with zero attached hydrogens (tertiary/aromatic N) is 4. The number of nitrogens with one attached hydrogen (secondary N) is 2. The van der Waals surface area contributed by atoms with Crippen LogP contribution < -0.4 is 15.8 Å². The van der Waals surface area contributed by atoms with E-state index < -0.39 is 10.5 Å². The minimum Gasteiger partial charge on any atom is -0.363 e. The van der Waals surface area contributed by atoms with Crippen LogP contribution in [0.4, 0.5) is 11.4 Å². The molecule has 2 heterocycles. The van der Waals surface area contributed by atoms with Crippen LogP contribution in [-0.4, -0.2) is 65.0 Å². The second kappa shape index (κ2) is 8.12. The summed E-state index contributed by atoms with van der Waals surface area (Å²) in [6.07, 6.45) is 2.18. The number of benzene rings is 1. The van der Waals surface area contributed by atoms with Crippen molar-refractivity contribution in [3.63, 3.8) is 0 Å². The minimum absolute atomic E-state index is 0.00888. The van der Waals surface area contributed by atoms with E-state index in [4.69, 9.17) is 0 Å². The number of anilines is 1. The van der Waals surface area contributed by atoms with Gasteiger partial charge < -0.3 is 15.2 Å². The number of nitro benzene ring substituents is 1. The van der Waals surface area contributed by atoms with Gasteiger partial charge in [0.2, 0.25) is 5.91 Å². The monoisotopic (exact) mass is 374 g/mol. The SMILES string of the molecule is CCCNC(=O)CN1CCN(c2cc3nc[nH]c(=O)c3cc2[N+](=O)[O-])CC1. The van der Waals surface area contributed by atoms with E-state index in [2.05, 4.69) is 15.3 Å². The van der Waals surface area contributed by atoms with Gasteiger partial charge in [-0.3, -0.25) is 24.6 Å². The highest BCUT2D eigenvalue weighted by Crippen LogP contribution is 2.31. The van der Waals surface area contributed by atoms with E-state index in [0.717, 1.165) is 6.42 Å². The number of fused-ring (bicyclic) bond motifs is 1. The van der Waals surface area contributed by atoms with Crippen molar-refractivity contribution in [3.05, 3.63) is 38.9 Å². The lowest BCUT2D eigenvalue weighted by atomic mass is 10.1. The minimum atomic E-state index is -0.480. The van der Waals surface area contributed by atoms with E-state index in [1.807, 2.05) is 16.7 Å². The third-order valence-electron chi connectivity index (χ3n) is 4.59. The van der Waals surface area contributed by atoms with Crippen LogP contribution in [0.2, 0.25) is 0 Å². The van der Waals surface area contributed by atoms with Crippen molar-refractivity contribution in [2.45, 2.75) is 13.3 Å². The molecule has 10 nitrogen and oxygen atoms in total. The lowest BCUT2D eigenvalue weighted by molar-refractivity contribution is -0.384. The highest BCUT2D eigenvalue weighted by molar-refractivity contribution is 5.87. The molecule has 10 heteroatoms. The van der Waals surface area contributed by atoms with Crippen molar-refractivity contribution in [2.75, 3.05) is 44.2 Å². The quantitative estimate of drug-likeness (QED) is 0.556. The molecule has 1 amide bonds. The number of aromatic nitrogens is 2. The standard InChI is InChI=1S/C17H22N6O4/c1-2-3-18-16(24)10-21-4-6-22(7-5-21)14-9-13-12(8-15(14)23(26)27)17(25)20-11-19-13/h8-9,11H,2-7,10H2,1H3,(H,18,24)(H,19,20,25). The van der Waals surface area contributed by atoms with Crippen LogP contribution in [-0.2, 0) is 4.79 Å². The van der Waals surface area contributed by atoms with Gasteiger partial charge >= 0.3 is 0 Å². The summed E-state index contributed by atoms with van der Waals surface area (Å²) in [6.45, 7) is 5.33. The molecule has 0 saturated carbocycles. The Hall–Kier alpha value is -3.01. The third-order valence-corrected chi connectivity index (χ3v) is 4.59. The molecule has 1 fully saturated rings. The van der Waals surface area contributed by atoms with Crippen molar-refractivity contribution in [2.24, 2.45) is 0 Å². The van der Waals surface area contributed by atoms with Crippen molar-refractivity contribution in [1.82, 2.24) is 20.2 Å². The molecule has 144 valence electrons. The molecular weight excluding hydrogens is 352 g/mol. The first-order valence-corrected chi connectivity index (χ1v) is 8.89. The molecular formula is C17H22N6O4. The number of aromatic amines is 1. The third kappa shape index (κ3) is 4.22.